The predicted octanol–water partition coefficient (Wildman–Crippen LogP) is 5.85. The molecule has 0 saturated heterocycles. The molecule has 6 nitrogen and oxygen atoms in total. The zero-order valence-electron chi connectivity index (χ0n) is 19.4. The van der Waals surface area contributed by atoms with Crippen LogP contribution in [0.3, 0.4) is 0 Å². The minimum absolute atomic E-state index is 0.0390. The molecule has 2 aromatic carbocycles. The lowest BCUT2D eigenvalue weighted by atomic mass is 10.1. The summed E-state index contributed by atoms with van der Waals surface area (Å²) in [5, 5.41) is 2.86. The average molecular weight is 484 g/mol. The Kier molecular flexibility index (Phi) is 12.4. The number of ether oxygens (including phenoxy) is 4. The Hall–Kier alpha value is -2.62. The molecule has 0 aliphatic carbocycles. The van der Waals surface area contributed by atoms with Gasteiger partial charge >= 0.3 is 12.1 Å². The molecule has 34 heavy (non-hydrogen) atoms. The smallest absolute Gasteiger partial charge is 0.416 e. The van der Waals surface area contributed by atoms with Gasteiger partial charge in [0.05, 0.1) is 49.8 Å². The molecule has 0 fully saturated rings. The summed E-state index contributed by atoms with van der Waals surface area (Å²) < 4.78 is 60.3. The molecule has 188 valence electrons. The van der Waals surface area contributed by atoms with Crippen LogP contribution in [0.5, 0.6) is 0 Å². The molecule has 0 spiro atoms. The number of rotatable bonds is 16. The van der Waals surface area contributed by atoms with Crippen molar-refractivity contribution in [1.82, 2.24) is 0 Å². The summed E-state index contributed by atoms with van der Waals surface area (Å²) in [7, 11) is 0. The van der Waals surface area contributed by atoms with E-state index in [0.29, 0.717) is 32.1 Å². The van der Waals surface area contributed by atoms with Crippen molar-refractivity contribution >= 4 is 17.3 Å². The van der Waals surface area contributed by atoms with Crippen molar-refractivity contribution in [3.8, 4) is 0 Å². The molecule has 1 N–H and O–H groups in total. The van der Waals surface area contributed by atoms with Gasteiger partial charge in [-0.3, -0.25) is 0 Å². The van der Waals surface area contributed by atoms with Gasteiger partial charge in [-0.15, -0.1) is 0 Å². The number of anilines is 2. The SMILES string of the molecule is CCCCCOCCOCCOCCOC(=O)c1ccccc1Nc1cccc(C(F)(F)F)c1. The molecule has 0 aliphatic heterocycles. The second-order valence-electron chi connectivity index (χ2n) is 7.43. The first-order chi connectivity index (χ1) is 16.4. The van der Waals surface area contributed by atoms with Crippen LogP contribution in [0.2, 0.25) is 0 Å². The summed E-state index contributed by atoms with van der Waals surface area (Å²) >= 11 is 0. The summed E-state index contributed by atoms with van der Waals surface area (Å²) in [5.41, 5.74) is -0.0109. The third-order valence-corrected chi connectivity index (χ3v) is 4.71. The van der Waals surface area contributed by atoms with Gasteiger partial charge in [-0.1, -0.05) is 38.0 Å². The number of para-hydroxylation sites is 1. The summed E-state index contributed by atoms with van der Waals surface area (Å²) in [6, 6.07) is 11.2. The van der Waals surface area contributed by atoms with Gasteiger partial charge in [0.25, 0.3) is 0 Å². The van der Waals surface area contributed by atoms with E-state index in [1.54, 1.807) is 18.2 Å². The maximum Gasteiger partial charge on any atom is 0.416 e. The van der Waals surface area contributed by atoms with Crippen molar-refractivity contribution in [2.75, 3.05) is 51.6 Å². The Labute approximate surface area is 198 Å². The van der Waals surface area contributed by atoms with Crippen LogP contribution in [0.4, 0.5) is 24.5 Å². The Morgan fingerprint density at radius 1 is 0.824 bits per heavy atom. The predicted molar refractivity (Wildman–Crippen MR) is 123 cm³/mol. The number of halogens is 3. The van der Waals surface area contributed by atoms with Crippen LogP contribution in [0.1, 0.15) is 42.1 Å². The van der Waals surface area contributed by atoms with Crippen LogP contribution in [0.15, 0.2) is 48.5 Å². The topological polar surface area (TPSA) is 66.0 Å². The normalized spacial score (nSPS) is 11.4. The van der Waals surface area contributed by atoms with Gasteiger partial charge in [0.15, 0.2) is 0 Å². The van der Waals surface area contributed by atoms with Crippen molar-refractivity contribution in [2.24, 2.45) is 0 Å². The van der Waals surface area contributed by atoms with Crippen LogP contribution >= 0.6 is 0 Å². The molecule has 2 rings (SSSR count). The van der Waals surface area contributed by atoms with Gasteiger partial charge in [-0.25, -0.2) is 4.79 Å². The van der Waals surface area contributed by atoms with Crippen molar-refractivity contribution < 1.29 is 36.9 Å². The molecule has 0 atom stereocenters. The highest BCUT2D eigenvalue weighted by atomic mass is 19.4. The van der Waals surface area contributed by atoms with Gasteiger partial charge in [-0.2, -0.15) is 13.2 Å². The Bertz CT molecular complexity index is 860. The first-order valence-corrected chi connectivity index (χ1v) is 11.4. The summed E-state index contributed by atoms with van der Waals surface area (Å²) in [6.07, 6.45) is -1.07. The highest BCUT2D eigenvalue weighted by molar-refractivity contribution is 5.96. The molecule has 0 bridgehead atoms. The quantitative estimate of drug-likeness (QED) is 0.239. The fraction of sp³-hybridized carbons (Fsp3) is 0.480. The summed E-state index contributed by atoms with van der Waals surface area (Å²) in [6.45, 7) is 4.96. The number of unbranched alkanes of at least 4 members (excludes halogenated alkanes) is 2. The third-order valence-electron chi connectivity index (χ3n) is 4.71. The maximum atomic E-state index is 12.9. The number of hydrogen-bond acceptors (Lipinski definition) is 6. The second-order valence-corrected chi connectivity index (χ2v) is 7.43. The van der Waals surface area contributed by atoms with E-state index in [4.69, 9.17) is 18.9 Å². The van der Waals surface area contributed by atoms with E-state index in [9.17, 15) is 18.0 Å². The minimum Gasteiger partial charge on any atom is -0.460 e. The van der Waals surface area contributed by atoms with E-state index in [0.717, 1.165) is 38.0 Å². The number of esters is 1. The molecule has 0 radical (unpaired) electrons. The zero-order valence-corrected chi connectivity index (χ0v) is 19.4. The maximum absolute atomic E-state index is 12.9. The number of carbonyl (C=O) groups excluding carboxylic acids is 1. The standard InChI is InChI=1S/C25H32F3NO5/c1-2-3-6-12-31-13-14-32-15-16-33-17-18-34-24(30)22-10-4-5-11-23(22)29-21-9-7-8-20(19-21)25(26,27)28/h4-5,7-11,19,29H,2-3,6,12-18H2,1H3. The first kappa shape index (κ1) is 27.6. The number of carbonyl (C=O) groups is 1. The molecule has 9 heteroatoms. The van der Waals surface area contributed by atoms with E-state index in [-0.39, 0.29) is 24.5 Å². The number of benzene rings is 2. The van der Waals surface area contributed by atoms with Gasteiger partial charge in [0, 0.05) is 12.3 Å². The van der Waals surface area contributed by atoms with Crippen LogP contribution in [0.25, 0.3) is 0 Å². The van der Waals surface area contributed by atoms with Crippen LogP contribution < -0.4 is 5.32 Å². The van der Waals surface area contributed by atoms with E-state index in [1.807, 2.05) is 0 Å². The molecular weight excluding hydrogens is 451 g/mol. The Balaban J connectivity index is 1.68. The molecule has 0 unspecified atom stereocenters. The third kappa shape index (κ3) is 10.5. The molecule has 0 heterocycles. The van der Waals surface area contributed by atoms with E-state index in [2.05, 4.69) is 12.2 Å². The van der Waals surface area contributed by atoms with Gasteiger partial charge < -0.3 is 24.3 Å². The molecule has 0 aliphatic rings. The van der Waals surface area contributed by atoms with Crippen molar-refractivity contribution in [1.29, 1.82) is 0 Å². The van der Waals surface area contributed by atoms with Gasteiger partial charge in [0.2, 0.25) is 0 Å². The van der Waals surface area contributed by atoms with Crippen LogP contribution in [-0.2, 0) is 25.1 Å². The number of alkyl halides is 3. The lowest BCUT2D eigenvalue weighted by Gasteiger charge is -2.13. The highest BCUT2D eigenvalue weighted by Gasteiger charge is 2.30. The van der Waals surface area contributed by atoms with E-state index >= 15 is 0 Å². The van der Waals surface area contributed by atoms with Crippen molar-refractivity contribution in [3.63, 3.8) is 0 Å². The highest BCUT2D eigenvalue weighted by Crippen LogP contribution is 2.32. The molecule has 0 amide bonds. The van der Waals surface area contributed by atoms with Gasteiger partial charge in [-0.05, 0) is 36.8 Å². The Morgan fingerprint density at radius 3 is 2.15 bits per heavy atom. The van der Waals surface area contributed by atoms with E-state index in [1.165, 1.54) is 18.2 Å². The number of nitrogens with one attached hydrogen (secondary N) is 1. The largest absolute Gasteiger partial charge is 0.460 e. The lowest BCUT2D eigenvalue weighted by molar-refractivity contribution is -0.137. The number of hydrogen-bond donors (Lipinski definition) is 1. The van der Waals surface area contributed by atoms with Crippen molar-refractivity contribution in [2.45, 2.75) is 32.4 Å². The first-order valence-electron chi connectivity index (χ1n) is 11.4. The molecule has 2 aromatic rings. The average Bonchev–Trinajstić information content (AvgIpc) is 2.82. The Morgan fingerprint density at radius 2 is 1.47 bits per heavy atom. The molecular formula is C25H32F3NO5. The zero-order chi connectivity index (χ0) is 24.7. The monoisotopic (exact) mass is 483 g/mol. The fourth-order valence-electron chi connectivity index (χ4n) is 2.97. The molecule has 0 saturated carbocycles. The van der Waals surface area contributed by atoms with Gasteiger partial charge in [0.1, 0.15) is 6.61 Å². The lowest BCUT2D eigenvalue weighted by Crippen LogP contribution is -2.15. The summed E-state index contributed by atoms with van der Waals surface area (Å²) in [4.78, 5) is 12.4. The second kappa shape index (κ2) is 15.3. The van der Waals surface area contributed by atoms with Crippen molar-refractivity contribution in [3.05, 3.63) is 59.7 Å². The van der Waals surface area contributed by atoms with Crippen LogP contribution in [-0.4, -0.2) is 52.2 Å². The molecule has 0 aromatic heterocycles. The fourth-order valence-corrected chi connectivity index (χ4v) is 2.97. The van der Waals surface area contributed by atoms with E-state index < -0.39 is 17.7 Å². The minimum atomic E-state index is -4.46. The summed E-state index contributed by atoms with van der Waals surface area (Å²) in [5.74, 6) is -0.602. The van der Waals surface area contributed by atoms with Crippen LogP contribution in [0, 0.1) is 0 Å².